The molecule has 0 fully saturated rings. The van der Waals surface area contributed by atoms with Gasteiger partial charge in [0.15, 0.2) is 0 Å². The standard InChI is InChI=1S/C22H24F3N3O4S/c1-27(2)33(31,32)18-8-4-6-16-11-12-28(21(16)18)20(30)10-9-19(29)26-14-15-5-3-7-17(13-15)22(23,24)25/h3-8,13H,9-12,14H2,1-2H3,(H,26,29). The van der Waals surface area contributed by atoms with E-state index in [1.165, 1.54) is 37.2 Å². The number of fused-ring (bicyclic) bond motifs is 1. The van der Waals surface area contributed by atoms with Crippen LogP contribution in [0, 0.1) is 0 Å². The predicted molar refractivity (Wildman–Crippen MR) is 116 cm³/mol. The van der Waals surface area contributed by atoms with Gasteiger partial charge in [-0.05, 0) is 35.7 Å². The summed E-state index contributed by atoms with van der Waals surface area (Å²) in [6.07, 6.45) is -4.31. The van der Waals surface area contributed by atoms with E-state index in [0.29, 0.717) is 18.7 Å². The van der Waals surface area contributed by atoms with Crippen LogP contribution in [0.3, 0.4) is 0 Å². The first-order chi connectivity index (χ1) is 15.4. The first-order valence-electron chi connectivity index (χ1n) is 10.2. The van der Waals surface area contributed by atoms with E-state index in [-0.39, 0.29) is 29.8 Å². The van der Waals surface area contributed by atoms with E-state index >= 15 is 0 Å². The molecule has 2 amide bonds. The molecule has 1 aliphatic heterocycles. The highest BCUT2D eigenvalue weighted by molar-refractivity contribution is 7.89. The number of rotatable bonds is 7. The van der Waals surface area contributed by atoms with Crippen molar-refractivity contribution in [3.63, 3.8) is 0 Å². The van der Waals surface area contributed by atoms with E-state index in [9.17, 15) is 31.2 Å². The minimum Gasteiger partial charge on any atom is -0.352 e. The summed E-state index contributed by atoms with van der Waals surface area (Å²) in [5.41, 5.74) is 0.554. The molecule has 1 heterocycles. The summed E-state index contributed by atoms with van der Waals surface area (Å²) in [6, 6.07) is 9.47. The largest absolute Gasteiger partial charge is 0.416 e. The zero-order chi connectivity index (χ0) is 24.4. The third kappa shape index (κ3) is 5.53. The molecule has 0 saturated carbocycles. The molecule has 0 bridgehead atoms. The van der Waals surface area contributed by atoms with Gasteiger partial charge in [-0.25, -0.2) is 12.7 Å². The van der Waals surface area contributed by atoms with Gasteiger partial charge in [-0.15, -0.1) is 0 Å². The summed E-state index contributed by atoms with van der Waals surface area (Å²) in [5.74, 6) is -0.890. The Balaban J connectivity index is 1.63. The van der Waals surface area contributed by atoms with Crippen LogP contribution < -0.4 is 10.2 Å². The van der Waals surface area contributed by atoms with Crippen LogP contribution >= 0.6 is 0 Å². The first-order valence-corrected chi connectivity index (χ1v) is 11.6. The van der Waals surface area contributed by atoms with Crippen molar-refractivity contribution >= 4 is 27.5 Å². The van der Waals surface area contributed by atoms with Crippen molar-refractivity contribution in [2.75, 3.05) is 25.5 Å². The molecule has 1 N–H and O–H groups in total. The number of hydrogen-bond acceptors (Lipinski definition) is 4. The van der Waals surface area contributed by atoms with Crippen molar-refractivity contribution in [2.45, 2.75) is 36.9 Å². The van der Waals surface area contributed by atoms with Gasteiger partial charge >= 0.3 is 6.18 Å². The Hall–Kier alpha value is -2.92. The number of sulfonamides is 1. The topological polar surface area (TPSA) is 86.8 Å². The molecule has 0 aromatic heterocycles. The lowest BCUT2D eigenvalue weighted by Gasteiger charge is -2.22. The highest BCUT2D eigenvalue weighted by atomic mass is 32.2. The normalized spacial score (nSPS) is 13.8. The lowest BCUT2D eigenvalue weighted by Crippen LogP contribution is -2.33. The predicted octanol–water partition coefficient (Wildman–Crippen LogP) is 2.94. The number of nitrogens with zero attached hydrogens (tertiary/aromatic N) is 2. The second-order valence-electron chi connectivity index (χ2n) is 7.82. The van der Waals surface area contributed by atoms with Gasteiger partial charge in [0, 0.05) is 40.0 Å². The molecular formula is C22H24F3N3O4S. The number of benzene rings is 2. The van der Waals surface area contributed by atoms with E-state index < -0.39 is 33.6 Å². The minimum absolute atomic E-state index is 0.0323. The highest BCUT2D eigenvalue weighted by Crippen LogP contribution is 2.36. The van der Waals surface area contributed by atoms with Gasteiger partial charge in [0.25, 0.3) is 0 Å². The first kappa shape index (κ1) is 24.7. The summed E-state index contributed by atoms with van der Waals surface area (Å²) in [6.45, 7) is 0.203. The van der Waals surface area contributed by atoms with Crippen LogP contribution in [0.2, 0.25) is 0 Å². The van der Waals surface area contributed by atoms with Gasteiger partial charge < -0.3 is 10.2 Å². The molecule has 0 radical (unpaired) electrons. The Morgan fingerprint density at radius 1 is 1.09 bits per heavy atom. The molecule has 7 nitrogen and oxygen atoms in total. The third-order valence-corrected chi connectivity index (χ3v) is 7.17. The van der Waals surface area contributed by atoms with E-state index in [1.807, 2.05) is 0 Å². The summed E-state index contributed by atoms with van der Waals surface area (Å²) in [5, 5.41) is 2.51. The van der Waals surface area contributed by atoms with E-state index in [0.717, 1.165) is 22.0 Å². The van der Waals surface area contributed by atoms with Crippen LogP contribution in [-0.4, -0.2) is 45.2 Å². The molecule has 0 unspecified atom stereocenters. The monoisotopic (exact) mass is 483 g/mol. The fourth-order valence-corrected chi connectivity index (χ4v) is 4.71. The molecule has 3 rings (SSSR count). The molecule has 11 heteroatoms. The minimum atomic E-state index is -4.47. The van der Waals surface area contributed by atoms with Crippen LogP contribution in [0.5, 0.6) is 0 Å². The van der Waals surface area contributed by atoms with Crippen molar-refractivity contribution in [1.29, 1.82) is 0 Å². The van der Waals surface area contributed by atoms with Gasteiger partial charge in [-0.3, -0.25) is 9.59 Å². The van der Waals surface area contributed by atoms with Crippen molar-refractivity contribution in [3.8, 4) is 0 Å². The fraction of sp³-hybridized carbons (Fsp3) is 0.364. The number of carbonyl (C=O) groups is 2. The lowest BCUT2D eigenvalue weighted by atomic mass is 10.1. The molecule has 0 saturated heterocycles. The Morgan fingerprint density at radius 2 is 1.79 bits per heavy atom. The van der Waals surface area contributed by atoms with E-state index in [2.05, 4.69) is 5.32 Å². The number of nitrogens with one attached hydrogen (secondary N) is 1. The second kappa shape index (κ2) is 9.52. The maximum Gasteiger partial charge on any atom is 0.416 e. The number of amides is 2. The Bertz CT molecular complexity index is 1160. The molecule has 0 spiro atoms. The second-order valence-corrected chi connectivity index (χ2v) is 9.94. The molecule has 1 aliphatic rings. The summed E-state index contributed by atoms with van der Waals surface area (Å²) in [4.78, 5) is 26.4. The number of hydrogen-bond donors (Lipinski definition) is 1. The van der Waals surface area contributed by atoms with Crippen molar-refractivity contribution in [1.82, 2.24) is 9.62 Å². The lowest BCUT2D eigenvalue weighted by molar-refractivity contribution is -0.137. The number of alkyl halides is 3. The Morgan fingerprint density at radius 3 is 2.45 bits per heavy atom. The number of para-hydroxylation sites is 1. The zero-order valence-corrected chi connectivity index (χ0v) is 19.0. The summed E-state index contributed by atoms with van der Waals surface area (Å²) in [7, 11) is -0.958. The van der Waals surface area contributed by atoms with Crippen molar-refractivity contribution < 1.29 is 31.2 Å². The molecule has 2 aromatic rings. The maximum atomic E-state index is 12.8. The molecular weight excluding hydrogens is 459 g/mol. The van der Waals surface area contributed by atoms with Crippen LogP contribution in [-0.2, 0) is 38.8 Å². The molecule has 0 aliphatic carbocycles. The Kier molecular flexibility index (Phi) is 7.13. The fourth-order valence-electron chi connectivity index (χ4n) is 3.58. The average molecular weight is 484 g/mol. The summed E-state index contributed by atoms with van der Waals surface area (Å²) >= 11 is 0. The third-order valence-electron chi connectivity index (χ3n) is 5.33. The van der Waals surface area contributed by atoms with Gasteiger partial charge in [0.1, 0.15) is 4.90 Å². The van der Waals surface area contributed by atoms with Crippen molar-refractivity contribution in [2.24, 2.45) is 0 Å². The van der Waals surface area contributed by atoms with Crippen LogP contribution in [0.1, 0.15) is 29.5 Å². The SMILES string of the molecule is CN(C)S(=O)(=O)c1cccc2c1N(C(=O)CCC(=O)NCc1cccc(C(F)(F)F)c1)CC2. The van der Waals surface area contributed by atoms with Crippen LogP contribution in [0.15, 0.2) is 47.4 Å². The van der Waals surface area contributed by atoms with E-state index in [4.69, 9.17) is 0 Å². The Labute approximate surface area is 190 Å². The molecule has 178 valence electrons. The quantitative estimate of drug-likeness (QED) is 0.656. The van der Waals surface area contributed by atoms with Gasteiger partial charge in [0.05, 0.1) is 11.3 Å². The zero-order valence-electron chi connectivity index (χ0n) is 18.1. The van der Waals surface area contributed by atoms with Gasteiger partial charge in [-0.1, -0.05) is 24.3 Å². The van der Waals surface area contributed by atoms with Crippen LogP contribution in [0.25, 0.3) is 0 Å². The summed E-state index contributed by atoms with van der Waals surface area (Å²) < 4.78 is 64.9. The van der Waals surface area contributed by atoms with Crippen LogP contribution in [0.4, 0.5) is 18.9 Å². The van der Waals surface area contributed by atoms with Gasteiger partial charge in [-0.2, -0.15) is 13.2 Å². The smallest absolute Gasteiger partial charge is 0.352 e. The van der Waals surface area contributed by atoms with Gasteiger partial charge in [0.2, 0.25) is 21.8 Å². The van der Waals surface area contributed by atoms with Crippen molar-refractivity contribution in [3.05, 3.63) is 59.2 Å². The number of anilines is 1. The average Bonchev–Trinajstić information content (AvgIpc) is 3.19. The molecule has 2 aromatic carbocycles. The molecule has 33 heavy (non-hydrogen) atoms. The number of halogens is 3. The highest BCUT2D eigenvalue weighted by Gasteiger charge is 2.33. The number of carbonyl (C=O) groups excluding carboxylic acids is 2. The van der Waals surface area contributed by atoms with E-state index in [1.54, 1.807) is 12.1 Å². The maximum absolute atomic E-state index is 12.8. The molecule has 0 atom stereocenters.